The molecule has 0 bridgehead atoms. The van der Waals surface area contributed by atoms with Crippen LogP contribution in [0.4, 0.5) is 9.59 Å². The number of carbonyl (C=O) groups is 4. The molecule has 1 N–H and O–H groups in total. The Labute approximate surface area is 156 Å². The highest BCUT2D eigenvalue weighted by atomic mass is 16.6. The summed E-state index contributed by atoms with van der Waals surface area (Å²) in [7, 11) is 0. The van der Waals surface area contributed by atoms with Crippen LogP contribution in [0.5, 0.6) is 0 Å². The molecule has 0 spiro atoms. The monoisotopic (exact) mass is 378 g/mol. The van der Waals surface area contributed by atoms with Gasteiger partial charge in [-0.1, -0.05) is 30.3 Å². The highest BCUT2D eigenvalue weighted by Gasteiger charge is 2.46. The van der Waals surface area contributed by atoms with Gasteiger partial charge in [-0.05, 0) is 18.9 Å². The van der Waals surface area contributed by atoms with Gasteiger partial charge in [0.05, 0.1) is 13.2 Å². The number of ether oxygens (including phenoxy) is 2. The molecule has 0 aliphatic carbocycles. The minimum absolute atomic E-state index is 0.0708. The van der Waals surface area contributed by atoms with Gasteiger partial charge in [0.1, 0.15) is 6.61 Å². The second-order valence-corrected chi connectivity index (χ2v) is 5.90. The van der Waals surface area contributed by atoms with Crippen molar-refractivity contribution in [2.45, 2.75) is 32.4 Å². The van der Waals surface area contributed by atoms with Crippen molar-refractivity contribution >= 4 is 24.1 Å². The second-order valence-electron chi connectivity index (χ2n) is 5.90. The number of rotatable bonds is 8. The molecule has 0 unspecified atom stereocenters. The lowest BCUT2D eigenvalue weighted by Crippen LogP contribution is -2.44. The Hall–Kier alpha value is -3.10. The zero-order valence-corrected chi connectivity index (χ0v) is 15.0. The van der Waals surface area contributed by atoms with Gasteiger partial charge in [0.15, 0.2) is 6.04 Å². The van der Waals surface area contributed by atoms with Crippen LogP contribution in [0, 0.1) is 0 Å². The van der Waals surface area contributed by atoms with Crippen molar-refractivity contribution in [3.63, 3.8) is 0 Å². The van der Waals surface area contributed by atoms with Gasteiger partial charge in [-0.2, -0.15) is 0 Å². The first-order chi connectivity index (χ1) is 12.9. The van der Waals surface area contributed by atoms with Crippen LogP contribution >= 0.6 is 0 Å². The van der Waals surface area contributed by atoms with Crippen LogP contribution in [0.1, 0.15) is 25.3 Å². The van der Waals surface area contributed by atoms with Crippen molar-refractivity contribution < 1.29 is 33.8 Å². The van der Waals surface area contributed by atoms with Crippen molar-refractivity contribution in [1.29, 1.82) is 0 Å². The molecule has 9 heteroatoms. The first-order valence-electron chi connectivity index (χ1n) is 8.61. The van der Waals surface area contributed by atoms with E-state index in [4.69, 9.17) is 9.47 Å². The van der Waals surface area contributed by atoms with Gasteiger partial charge in [0.2, 0.25) is 0 Å². The van der Waals surface area contributed by atoms with Gasteiger partial charge in [0.25, 0.3) is 0 Å². The zero-order chi connectivity index (χ0) is 19.8. The molecule has 146 valence electrons. The molecule has 1 heterocycles. The van der Waals surface area contributed by atoms with Crippen LogP contribution in [-0.2, 0) is 25.7 Å². The summed E-state index contributed by atoms with van der Waals surface area (Å²) in [5.74, 6) is -1.69. The third-order valence-corrected chi connectivity index (χ3v) is 3.98. The molecule has 2 rings (SSSR count). The molecule has 3 amide bonds. The van der Waals surface area contributed by atoms with Crippen molar-refractivity contribution in [2.24, 2.45) is 0 Å². The standard InChI is InChI=1S/C18H22N2O7/c1-2-26-15(21)9-6-10-19-11-14(16(22)23)20(17(19)24)18(25)27-12-13-7-4-3-5-8-13/h3-5,7-8,14H,2,6,9-12H2,1H3,(H,22,23)/t14-/m0/s1. The van der Waals surface area contributed by atoms with E-state index in [1.54, 1.807) is 31.2 Å². The quantitative estimate of drug-likeness (QED) is 0.687. The number of amides is 3. The van der Waals surface area contributed by atoms with Gasteiger partial charge in [0, 0.05) is 13.0 Å². The molecule has 9 nitrogen and oxygen atoms in total. The number of imide groups is 1. The summed E-state index contributed by atoms with van der Waals surface area (Å²) >= 11 is 0. The fourth-order valence-corrected chi connectivity index (χ4v) is 2.67. The Kier molecular flexibility index (Phi) is 7.16. The Balaban J connectivity index is 1.94. The Bertz CT molecular complexity index is 692. The van der Waals surface area contributed by atoms with Gasteiger partial charge < -0.3 is 19.5 Å². The van der Waals surface area contributed by atoms with Gasteiger partial charge >= 0.3 is 24.1 Å². The van der Waals surface area contributed by atoms with E-state index >= 15 is 0 Å². The predicted molar refractivity (Wildman–Crippen MR) is 92.7 cm³/mol. The molecule has 0 radical (unpaired) electrons. The minimum atomic E-state index is -1.33. The molecule has 1 aliphatic heterocycles. The van der Waals surface area contributed by atoms with E-state index in [1.165, 1.54) is 4.90 Å². The van der Waals surface area contributed by atoms with E-state index in [1.807, 2.05) is 6.07 Å². The van der Waals surface area contributed by atoms with Crippen molar-refractivity contribution in [3.8, 4) is 0 Å². The predicted octanol–water partition coefficient (Wildman–Crippen LogP) is 1.86. The normalized spacial score (nSPS) is 16.3. The van der Waals surface area contributed by atoms with Crippen LogP contribution in [0.3, 0.4) is 0 Å². The van der Waals surface area contributed by atoms with E-state index in [-0.39, 0.29) is 32.7 Å². The minimum Gasteiger partial charge on any atom is -0.480 e. The van der Waals surface area contributed by atoms with Crippen LogP contribution in [0.2, 0.25) is 0 Å². The van der Waals surface area contributed by atoms with Crippen molar-refractivity contribution in [1.82, 2.24) is 9.80 Å². The molecular formula is C18H22N2O7. The van der Waals surface area contributed by atoms with Crippen LogP contribution in [0.15, 0.2) is 30.3 Å². The summed E-state index contributed by atoms with van der Waals surface area (Å²) in [5.41, 5.74) is 0.718. The van der Waals surface area contributed by atoms with Crippen LogP contribution in [-0.4, -0.2) is 64.7 Å². The summed E-state index contributed by atoms with van der Waals surface area (Å²) < 4.78 is 9.89. The van der Waals surface area contributed by atoms with E-state index in [0.29, 0.717) is 11.3 Å². The molecule has 1 fully saturated rings. The number of nitrogens with zero attached hydrogens (tertiary/aromatic N) is 2. The highest BCUT2D eigenvalue weighted by Crippen LogP contribution is 2.19. The van der Waals surface area contributed by atoms with E-state index in [0.717, 1.165) is 5.56 Å². The number of benzene rings is 1. The van der Waals surface area contributed by atoms with Crippen molar-refractivity contribution in [2.75, 3.05) is 19.7 Å². The van der Waals surface area contributed by atoms with Crippen molar-refractivity contribution in [3.05, 3.63) is 35.9 Å². The number of hydrogen-bond donors (Lipinski definition) is 1. The maximum absolute atomic E-state index is 12.4. The third-order valence-electron chi connectivity index (χ3n) is 3.98. The average molecular weight is 378 g/mol. The Morgan fingerprint density at radius 3 is 2.52 bits per heavy atom. The Morgan fingerprint density at radius 2 is 1.89 bits per heavy atom. The topological polar surface area (TPSA) is 113 Å². The third kappa shape index (κ3) is 5.44. The number of esters is 1. The number of urea groups is 1. The molecule has 1 saturated heterocycles. The number of hydrogen-bond acceptors (Lipinski definition) is 6. The summed E-state index contributed by atoms with van der Waals surface area (Å²) in [6.07, 6.45) is -0.596. The highest BCUT2D eigenvalue weighted by molar-refractivity contribution is 5.98. The Morgan fingerprint density at radius 1 is 1.19 bits per heavy atom. The summed E-state index contributed by atoms with van der Waals surface area (Å²) in [4.78, 5) is 49.4. The number of aliphatic carboxylic acids is 1. The van der Waals surface area contributed by atoms with Gasteiger partial charge in [-0.15, -0.1) is 0 Å². The molecule has 1 aromatic rings. The van der Waals surface area contributed by atoms with E-state index in [9.17, 15) is 24.3 Å². The molecule has 1 atom stereocenters. The van der Waals surface area contributed by atoms with E-state index in [2.05, 4.69) is 0 Å². The number of carboxylic acid groups (broad SMARTS) is 1. The fraction of sp³-hybridized carbons (Fsp3) is 0.444. The number of carbonyl (C=O) groups excluding carboxylic acids is 3. The van der Waals surface area contributed by atoms with E-state index < -0.39 is 30.1 Å². The molecule has 27 heavy (non-hydrogen) atoms. The molecule has 1 aliphatic rings. The fourth-order valence-electron chi connectivity index (χ4n) is 2.67. The lowest BCUT2D eigenvalue weighted by Gasteiger charge is -2.18. The largest absolute Gasteiger partial charge is 0.480 e. The summed E-state index contributed by atoms with van der Waals surface area (Å²) in [6, 6.07) is 6.77. The lowest BCUT2D eigenvalue weighted by molar-refractivity contribution is -0.143. The second kappa shape index (κ2) is 9.56. The SMILES string of the molecule is CCOC(=O)CCCN1C[C@@H](C(=O)O)N(C(=O)OCc2ccccc2)C1=O. The molecular weight excluding hydrogens is 356 g/mol. The molecule has 1 aromatic carbocycles. The first-order valence-corrected chi connectivity index (χ1v) is 8.61. The smallest absolute Gasteiger partial charge is 0.419 e. The average Bonchev–Trinajstić information content (AvgIpc) is 2.98. The summed E-state index contributed by atoms with van der Waals surface area (Å²) in [6.45, 7) is 1.88. The number of carboxylic acids is 1. The van der Waals surface area contributed by atoms with Gasteiger partial charge in [-0.3, -0.25) is 4.79 Å². The van der Waals surface area contributed by atoms with Crippen LogP contribution < -0.4 is 0 Å². The van der Waals surface area contributed by atoms with Gasteiger partial charge in [-0.25, -0.2) is 19.3 Å². The molecule has 0 saturated carbocycles. The zero-order valence-electron chi connectivity index (χ0n) is 15.0. The maximum Gasteiger partial charge on any atom is 0.419 e. The van der Waals surface area contributed by atoms with Crippen LogP contribution in [0.25, 0.3) is 0 Å². The lowest BCUT2D eigenvalue weighted by atomic mass is 10.2. The first kappa shape index (κ1) is 20.2. The molecule has 0 aromatic heterocycles. The summed E-state index contributed by atoms with van der Waals surface area (Å²) in [5, 5.41) is 9.33. The maximum atomic E-state index is 12.4.